The molecule has 0 unspecified atom stereocenters. The Morgan fingerprint density at radius 1 is 1.10 bits per heavy atom. The lowest BCUT2D eigenvalue weighted by Gasteiger charge is -2.09. The summed E-state index contributed by atoms with van der Waals surface area (Å²) in [5, 5.41) is 0. The van der Waals surface area contributed by atoms with Gasteiger partial charge in [-0.2, -0.15) is 0 Å². The zero-order valence-corrected chi connectivity index (χ0v) is 11.1. The van der Waals surface area contributed by atoms with Gasteiger partial charge < -0.3 is 9.47 Å². The molecule has 2 rings (SSSR count). The van der Waals surface area contributed by atoms with Crippen LogP contribution in [-0.4, -0.2) is 13.1 Å². The number of hydrogen-bond donors (Lipinski definition) is 0. The predicted octanol–water partition coefficient (Wildman–Crippen LogP) is 3.12. The van der Waals surface area contributed by atoms with Crippen molar-refractivity contribution in [3.8, 4) is 5.75 Å². The summed E-state index contributed by atoms with van der Waals surface area (Å²) in [5.74, 6) is 0.000681. The molecule has 0 bridgehead atoms. The van der Waals surface area contributed by atoms with E-state index >= 15 is 0 Å². The molecule has 0 atom stereocenters. The molecule has 2 aromatic rings. The van der Waals surface area contributed by atoms with E-state index in [0.717, 1.165) is 11.1 Å². The highest BCUT2D eigenvalue weighted by molar-refractivity contribution is 5.72. The molecular weight excluding hydrogens is 259 g/mol. The van der Waals surface area contributed by atoms with Gasteiger partial charge in [0.25, 0.3) is 0 Å². The Hall–Kier alpha value is -2.36. The maximum absolute atomic E-state index is 12.7. The molecule has 0 radical (unpaired) electrons. The third-order valence-electron chi connectivity index (χ3n) is 2.84. The van der Waals surface area contributed by atoms with Gasteiger partial charge in [0.1, 0.15) is 18.2 Å². The lowest BCUT2D eigenvalue weighted by molar-refractivity contribution is -0.144. The first-order valence-electron chi connectivity index (χ1n) is 6.21. The third-order valence-corrected chi connectivity index (χ3v) is 2.84. The molecule has 4 heteroatoms. The van der Waals surface area contributed by atoms with Crippen LogP contribution in [0.4, 0.5) is 4.39 Å². The van der Waals surface area contributed by atoms with Crippen LogP contribution in [0.3, 0.4) is 0 Å². The van der Waals surface area contributed by atoms with Crippen LogP contribution in [-0.2, 0) is 22.6 Å². The molecule has 0 aromatic heterocycles. The minimum atomic E-state index is -0.359. The Morgan fingerprint density at radius 2 is 1.80 bits per heavy atom. The summed E-state index contributed by atoms with van der Waals surface area (Å²) in [4.78, 5) is 11.7. The molecule has 0 saturated heterocycles. The van der Waals surface area contributed by atoms with Crippen molar-refractivity contribution >= 4 is 5.97 Å². The van der Waals surface area contributed by atoms with Crippen molar-refractivity contribution in [2.75, 3.05) is 7.11 Å². The number of methoxy groups -OCH3 is 1. The van der Waals surface area contributed by atoms with Gasteiger partial charge in [-0.3, -0.25) is 4.79 Å². The first-order valence-corrected chi connectivity index (χ1v) is 6.21. The zero-order chi connectivity index (χ0) is 14.4. The van der Waals surface area contributed by atoms with E-state index in [9.17, 15) is 9.18 Å². The van der Waals surface area contributed by atoms with Crippen molar-refractivity contribution in [1.29, 1.82) is 0 Å². The maximum Gasteiger partial charge on any atom is 0.310 e. The summed E-state index contributed by atoms with van der Waals surface area (Å²) in [6.45, 7) is 0.157. The number of para-hydroxylation sites is 1. The fourth-order valence-electron chi connectivity index (χ4n) is 1.80. The van der Waals surface area contributed by atoms with Crippen LogP contribution in [0, 0.1) is 5.82 Å². The molecule has 0 amide bonds. The van der Waals surface area contributed by atoms with E-state index in [2.05, 4.69) is 0 Å². The van der Waals surface area contributed by atoms with E-state index < -0.39 is 0 Å². The number of rotatable bonds is 5. The summed E-state index contributed by atoms with van der Waals surface area (Å²) in [6, 6.07) is 13.1. The van der Waals surface area contributed by atoms with Crippen molar-refractivity contribution in [2.24, 2.45) is 0 Å². The highest BCUT2D eigenvalue weighted by Gasteiger charge is 2.08. The van der Waals surface area contributed by atoms with Crippen LogP contribution >= 0.6 is 0 Å². The van der Waals surface area contributed by atoms with E-state index in [1.807, 2.05) is 24.3 Å². The minimum Gasteiger partial charge on any atom is -0.496 e. The summed E-state index contributed by atoms with van der Waals surface area (Å²) in [5.41, 5.74) is 1.53. The Kier molecular flexibility index (Phi) is 4.71. The molecule has 0 N–H and O–H groups in total. The summed E-state index contributed by atoms with van der Waals surface area (Å²) >= 11 is 0. The molecule has 0 spiro atoms. The lowest BCUT2D eigenvalue weighted by atomic mass is 10.1. The summed E-state index contributed by atoms with van der Waals surface area (Å²) in [6.07, 6.45) is 0.120. The Labute approximate surface area is 117 Å². The molecule has 2 aromatic carbocycles. The topological polar surface area (TPSA) is 35.5 Å². The molecule has 0 aliphatic heterocycles. The first-order chi connectivity index (χ1) is 9.69. The fraction of sp³-hybridized carbons (Fsp3) is 0.188. The maximum atomic E-state index is 12.7. The molecule has 0 heterocycles. The van der Waals surface area contributed by atoms with Crippen molar-refractivity contribution in [3.63, 3.8) is 0 Å². The second-order valence-corrected chi connectivity index (χ2v) is 4.28. The second kappa shape index (κ2) is 6.70. The SMILES string of the molecule is COc1ccccc1COC(=O)Cc1ccc(F)cc1. The van der Waals surface area contributed by atoms with E-state index in [1.165, 1.54) is 12.1 Å². The van der Waals surface area contributed by atoms with Crippen LogP contribution in [0.25, 0.3) is 0 Å². The lowest BCUT2D eigenvalue weighted by Crippen LogP contribution is -2.08. The molecule has 104 valence electrons. The second-order valence-electron chi connectivity index (χ2n) is 4.28. The van der Waals surface area contributed by atoms with Crippen molar-refractivity contribution < 1.29 is 18.7 Å². The normalized spacial score (nSPS) is 10.1. The molecule has 0 fully saturated rings. The fourth-order valence-corrected chi connectivity index (χ4v) is 1.80. The van der Waals surface area contributed by atoms with E-state index in [1.54, 1.807) is 19.2 Å². The van der Waals surface area contributed by atoms with E-state index in [0.29, 0.717) is 5.75 Å². The highest BCUT2D eigenvalue weighted by atomic mass is 19.1. The van der Waals surface area contributed by atoms with Gasteiger partial charge in [-0.25, -0.2) is 4.39 Å². The number of hydrogen-bond acceptors (Lipinski definition) is 3. The Bertz CT molecular complexity index is 579. The van der Waals surface area contributed by atoms with Crippen LogP contribution in [0.1, 0.15) is 11.1 Å². The van der Waals surface area contributed by atoms with E-state index in [-0.39, 0.29) is 24.8 Å². The first kappa shape index (κ1) is 14.1. The summed E-state index contributed by atoms with van der Waals surface area (Å²) < 4.78 is 23.1. The van der Waals surface area contributed by atoms with Crippen LogP contribution < -0.4 is 4.74 Å². The average molecular weight is 274 g/mol. The third kappa shape index (κ3) is 3.82. The molecule has 0 saturated carbocycles. The number of benzene rings is 2. The van der Waals surface area contributed by atoms with Gasteiger partial charge in [0.05, 0.1) is 13.5 Å². The molecular formula is C16H15FO3. The van der Waals surface area contributed by atoms with Crippen LogP contribution in [0.2, 0.25) is 0 Å². The standard InChI is InChI=1S/C16H15FO3/c1-19-15-5-3-2-4-13(15)11-20-16(18)10-12-6-8-14(17)9-7-12/h2-9H,10-11H2,1H3. The summed E-state index contributed by atoms with van der Waals surface area (Å²) in [7, 11) is 1.57. The van der Waals surface area contributed by atoms with Crippen LogP contribution in [0.15, 0.2) is 48.5 Å². The number of carbonyl (C=O) groups excluding carboxylic acids is 1. The zero-order valence-electron chi connectivity index (χ0n) is 11.1. The van der Waals surface area contributed by atoms with E-state index in [4.69, 9.17) is 9.47 Å². The Balaban J connectivity index is 1.90. The smallest absolute Gasteiger partial charge is 0.310 e. The van der Waals surface area contributed by atoms with Crippen molar-refractivity contribution in [2.45, 2.75) is 13.0 Å². The molecule has 0 aliphatic rings. The van der Waals surface area contributed by atoms with Gasteiger partial charge in [0.2, 0.25) is 0 Å². The monoisotopic (exact) mass is 274 g/mol. The highest BCUT2D eigenvalue weighted by Crippen LogP contribution is 2.18. The molecule has 0 aliphatic carbocycles. The minimum absolute atomic E-state index is 0.120. The Morgan fingerprint density at radius 3 is 2.50 bits per heavy atom. The number of halogens is 1. The van der Waals surface area contributed by atoms with Gasteiger partial charge in [-0.15, -0.1) is 0 Å². The number of esters is 1. The van der Waals surface area contributed by atoms with Crippen LogP contribution in [0.5, 0.6) is 5.75 Å². The van der Waals surface area contributed by atoms with Gasteiger partial charge in [-0.05, 0) is 23.8 Å². The van der Waals surface area contributed by atoms with Gasteiger partial charge in [0.15, 0.2) is 0 Å². The quantitative estimate of drug-likeness (QED) is 0.786. The molecule has 3 nitrogen and oxygen atoms in total. The van der Waals surface area contributed by atoms with Gasteiger partial charge in [-0.1, -0.05) is 30.3 Å². The van der Waals surface area contributed by atoms with Gasteiger partial charge >= 0.3 is 5.97 Å². The van der Waals surface area contributed by atoms with Crippen molar-refractivity contribution in [1.82, 2.24) is 0 Å². The largest absolute Gasteiger partial charge is 0.496 e. The van der Waals surface area contributed by atoms with Gasteiger partial charge in [0, 0.05) is 5.56 Å². The number of ether oxygens (including phenoxy) is 2. The van der Waals surface area contributed by atoms with Crippen molar-refractivity contribution in [3.05, 3.63) is 65.5 Å². The molecule has 20 heavy (non-hydrogen) atoms. The number of carbonyl (C=O) groups is 1. The average Bonchev–Trinajstić information content (AvgIpc) is 2.48. The predicted molar refractivity (Wildman–Crippen MR) is 72.9 cm³/mol.